The number of rotatable bonds is 7. The first-order chi connectivity index (χ1) is 13.4. The maximum atomic E-state index is 13.0. The number of nitrogens with zero attached hydrogens (tertiary/aromatic N) is 1. The maximum Gasteiger partial charge on any atom is 0.285 e. The van der Waals surface area contributed by atoms with E-state index in [4.69, 9.17) is 16.3 Å². The second-order valence-electron chi connectivity index (χ2n) is 7.49. The maximum absolute atomic E-state index is 13.0. The van der Waals surface area contributed by atoms with Crippen LogP contribution in [0.2, 0.25) is 5.02 Å². The highest BCUT2D eigenvalue weighted by Gasteiger charge is 2.23. The average molecular weight is 417 g/mol. The highest BCUT2D eigenvalue weighted by Crippen LogP contribution is 2.33. The molecule has 0 amide bonds. The average Bonchev–Trinajstić information content (AvgIpc) is 3.00. The lowest BCUT2D eigenvalue weighted by molar-refractivity contribution is 0.315. The van der Waals surface area contributed by atoms with Crippen LogP contribution in [0.25, 0.3) is 10.4 Å². The molecule has 1 aromatic heterocycles. The van der Waals surface area contributed by atoms with E-state index in [0.717, 1.165) is 16.9 Å². The number of halogens is 1. The van der Waals surface area contributed by atoms with Crippen molar-refractivity contribution in [3.63, 3.8) is 0 Å². The van der Waals surface area contributed by atoms with Crippen LogP contribution in [0.4, 0.5) is 5.69 Å². The van der Waals surface area contributed by atoms with Crippen molar-refractivity contribution in [2.75, 3.05) is 18.5 Å². The van der Waals surface area contributed by atoms with Gasteiger partial charge in [0.2, 0.25) is 0 Å². The summed E-state index contributed by atoms with van der Waals surface area (Å²) >= 11 is 7.61. The summed E-state index contributed by atoms with van der Waals surface area (Å²) in [6.45, 7) is 7.29. The number of para-hydroxylation sites is 1. The Morgan fingerprint density at radius 2 is 1.75 bits per heavy atom. The zero-order chi connectivity index (χ0) is 20.1. The third kappa shape index (κ3) is 4.78. The van der Waals surface area contributed by atoms with E-state index in [0.29, 0.717) is 29.6 Å². The molecule has 4 nitrogen and oxygen atoms in total. The summed E-state index contributed by atoms with van der Waals surface area (Å²) in [6.07, 6.45) is 0.754. The van der Waals surface area contributed by atoms with Crippen LogP contribution in [-0.4, -0.2) is 17.1 Å². The van der Waals surface area contributed by atoms with Gasteiger partial charge in [0.15, 0.2) is 0 Å². The molecule has 0 unspecified atom stereocenters. The van der Waals surface area contributed by atoms with Crippen LogP contribution >= 0.6 is 23.1 Å². The van der Waals surface area contributed by atoms with Gasteiger partial charge in [-0.15, -0.1) is 0 Å². The molecule has 3 rings (SSSR count). The molecule has 3 aromatic rings. The molecular weight excluding hydrogens is 392 g/mol. The zero-order valence-electron chi connectivity index (χ0n) is 16.4. The Morgan fingerprint density at radius 3 is 2.43 bits per heavy atom. The van der Waals surface area contributed by atoms with E-state index < -0.39 is 0 Å². The quantitative estimate of drug-likeness (QED) is 0.490. The predicted octanol–water partition coefficient (Wildman–Crippen LogP) is 5.87. The molecule has 0 fully saturated rings. The molecule has 2 aromatic carbocycles. The minimum absolute atomic E-state index is 0.0170. The van der Waals surface area contributed by atoms with Gasteiger partial charge in [0, 0.05) is 6.54 Å². The van der Waals surface area contributed by atoms with Gasteiger partial charge in [0.1, 0.15) is 11.4 Å². The smallest absolute Gasteiger partial charge is 0.285 e. The van der Waals surface area contributed by atoms with Gasteiger partial charge in [-0.05, 0) is 44.9 Å². The minimum Gasteiger partial charge on any atom is -0.492 e. The summed E-state index contributed by atoms with van der Waals surface area (Å²) in [6, 6.07) is 17.4. The molecule has 0 bridgehead atoms. The van der Waals surface area contributed by atoms with Gasteiger partial charge >= 0.3 is 0 Å². The van der Waals surface area contributed by atoms with Gasteiger partial charge in [0.25, 0.3) is 5.56 Å². The largest absolute Gasteiger partial charge is 0.492 e. The molecule has 148 valence electrons. The molecule has 1 N–H and O–H groups in total. The van der Waals surface area contributed by atoms with E-state index in [1.54, 1.807) is 0 Å². The van der Waals surface area contributed by atoms with E-state index in [2.05, 4.69) is 5.32 Å². The fraction of sp³-hybridized carbons (Fsp3) is 0.318. The van der Waals surface area contributed by atoms with Crippen LogP contribution in [0.1, 0.15) is 27.2 Å². The molecule has 0 spiro atoms. The SMILES string of the molecule is CC(C)(C)n1sc(-c2ccccc2)c(NCCCOc2ccccc2Cl)c1=O. The Morgan fingerprint density at radius 1 is 1.07 bits per heavy atom. The van der Waals surface area contributed by atoms with Crippen LogP contribution in [0, 0.1) is 0 Å². The van der Waals surface area contributed by atoms with Crippen molar-refractivity contribution in [3.05, 3.63) is 70.0 Å². The minimum atomic E-state index is -0.265. The van der Waals surface area contributed by atoms with Crippen molar-refractivity contribution in [1.82, 2.24) is 3.96 Å². The van der Waals surface area contributed by atoms with Crippen molar-refractivity contribution in [1.29, 1.82) is 0 Å². The number of hydrogen-bond acceptors (Lipinski definition) is 4. The molecule has 0 aliphatic heterocycles. The topological polar surface area (TPSA) is 43.3 Å². The number of nitrogens with one attached hydrogen (secondary N) is 1. The molecule has 0 radical (unpaired) electrons. The van der Waals surface area contributed by atoms with E-state index in [1.807, 2.05) is 79.3 Å². The van der Waals surface area contributed by atoms with Crippen LogP contribution in [-0.2, 0) is 5.54 Å². The van der Waals surface area contributed by atoms with Crippen LogP contribution in [0.15, 0.2) is 59.4 Å². The first kappa shape index (κ1) is 20.5. The third-order valence-electron chi connectivity index (χ3n) is 4.17. The van der Waals surface area contributed by atoms with Gasteiger partial charge in [0.05, 0.1) is 22.0 Å². The van der Waals surface area contributed by atoms with Crippen LogP contribution < -0.4 is 15.6 Å². The number of benzene rings is 2. The molecule has 0 aliphatic rings. The lowest BCUT2D eigenvalue weighted by atomic mass is 10.1. The van der Waals surface area contributed by atoms with Gasteiger partial charge in [-0.3, -0.25) is 8.75 Å². The summed E-state index contributed by atoms with van der Waals surface area (Å²) in [4.78, 5) is 14.0. The summed E-state index contributed by atoms with van der Waals surface area (Å²) in [5.74, 6) is 0.680. The Bertz CT molecular complexity index is 974. The van der Waals surface area contributed by atoms with E-state index >= 15 is 0 Å². The monoisotopic (exact) mass is 416 g/mol. The Kier molecular flexibility index (Phi) is 6.47. The predicted molar refractivity (Wildman–Crippen MR) is 119 cm³/mol. The fourth-order valence-corrected chi connectivity index (χ4v) is 4.10. The van der Waals surface area contributed by atoms with Crippen LogP contribution in [0.3, 0.4) is 0 Å². The molecule has 0 atom stereocenters. The van der Waals surface area contributed by atoms with Crippen molar-refractivity contribution < 1.29 is 4.74 Å². The molecule has 28 heavy (non-hydrogen) atoms. The van der Waals surface area contributed by atoms with Crippen molar-refractivity contribution >= 4 is 28.8 Å². The van der Waals surface area contributed by atoms with Gasteiger partial charge in [-0.2, -0.15) is 0 Å². The molecule has 0 aliphatic carbocycles. The summed E-state index contributed by atoms with van der Waals surface area (Å²) in [5, 5.41) is 3.94. The normalized spacial score (nSPS) is 11.4. The second-order valence-corrected chi connectivity index (χ2v) is 8.85. The Hall–Kier alpha value is -2.24. The van der Waals surface area contributed by atoms with Crippen LogP contribution in [0.5, 0.6) is 5.75 Å². The lowest BCUT2D eigenvalue weighted by Gasteiger charge is -2.18. The highest BCUT2D eigenvalue weighted by molar-refractivity contribution is 7.11. The standard InChI is InChI=1S/C22H25ClN2O2S/c1-22(2,3)25-21(26)19(20(28-25)16-10-5-4-6-11-16)24-14-9-15-27-18-13-8-7-12-17(18)23/h4-8,10-13,24H,9,14-15H2,1-3H3. The molecule has 1 heterocycles. The summed E-state index contributed by atoms with van der Waals surface area (Å²) in [5.41, 5.74) is 1.45. The first-order valence-corrected chi connectivity index (χ1v) is 10.5. The Balaban J connectivity index is 1.71. The molecular formula is C22H25ClN2O2S. The van der Waals surface area contributed by atoms with Crippen molar-refractivity contribution in [2.45, 2.75) is 32.7 Å². The van der Waals surface area contributed by atoms with E-state index in [1.165, 1.54) is 11.5 Å². The number of ether oxygens (including phenoxy) is 1. The molecule has 0 saturated heterocycles. The number of anilines is 1. The zero-order valence-corrected chi connectivity index (χ0v) is 17.9. The lowest BCUT2D eigenvalue weighted by Crippen LogP contribution is -2.30. The fourth-order valence-electron chi connectivity index (χ4n) is 2.79. The number of hydrogen-bond donors (Lipinski definition) is 1. The second kappa shape index (κ2) is 8.84. The van der Waals surface area contributed by atoms with E-state index in [9.17, 15) is 4.79 Å². The van der Waals surface area contributed by atoms with Gasteiger partial charge in [-0.1, -0.05) is 65.6 Å². The van der Waals surface area contributed by atoms with Crippen molar-refractivity contribution in [2.24, 2.45) is 0 Å². The third-order valence-corrected chi connectivity index (χ3v) is 6.00. The summed E-state index contributed by atoms with van der Waals surface area (Å²) < 4.78 is 7.56. The molecule has 0 saturated carbocycles. The van der Waals surface area contributed by atoms with Gasteiger partial charge < -0.3 is 10.1 Å². The number of aromatic nitrogens is 1. The Labute approximate surface area is 174 Å². The van der Waals surface area contributed by atoms with Crippen molar-refractivity contribution in [3.8, 4) is 16.2 Å². The summed E-state index contributed by atoms with van der Waals surface area (Å²) in [7, 11) is 0. The first-order valence-electron chi connectivity index (χ1n) is 9.31. The highest BCUT2D eigenvalue weighted by atomic mass is 35.5. The van der Waals surface area contributed by atoms with Gasteiger partial charge in [-0.25, -0.2) is 0 Å². The molecule has 6 heteroatoms. The van der Waals surface area contributed by atoms with E-state index in [-0.39, 0.29) is 11.1 Å².